The monoisotopic (exact) mass is 467 g/mol. The number of hydrogen-bond donors (Lipinski definition) is 5. The summed E-state index contributed by atoms with van der Waals surface area (Å²) < 4.78 is 6.05. The van der Waals surface area contributed by atoms with Gasteiger partial charge in [-0.3, -0.25) is 15.2 Å². The topological polar surface area (TPSA) is 164 Å². The minimum absolute atomic E-state index is 0.167. The zero-order valence-corrected chi connectivity index (χ0v) is 20.2. The summed E-state index contributed by atoms with van der Waals surface area (Å²) >= 11 is 0. The fourth-order valence-electron chi connectivity index (χ4n) is 3.41. The van der Waals surface area contributed by atoms with E-state index in [-0.39, 0.29) is 18.0 Å². The largest absolute Gasteiger partial charge is 0.489 e. The van der Waals surface area contributed by atoms with Crippen LogP contribution in [0.4, 0.5) is 10.5 Å². The van der Waals surface area contributed by atoms with E-state index < -0.39 is 11.9 Å². The number of carbonyl (C=O) groups excluding carboxylic acids is 2. The van der Waals surface area contributed by atoms with E-state index in [1.807, 2.05) is 32.9 Å². The van der Waals surface area contributed by atoms with Crippen molar-refractivity contribution in [2.24, 2.45) is 17.4 Å². The van der Waals surface area contributed by atoms with Crippen LogP contribution in [0.3, 0.4) is 0 Å². The van der Waals surface area contributed by atoms with Crippen molar-refractivity contribution in [1.29, 1.82) is 5.41 Å². The van der Waals surface area contributed by atoms with Crippen LogP contribution in [0.25, 0.3) is 0 Å². The molecule has 10 heteroatoms. The average molecular weight is 468 g/mol. The lowest BCUT2D eigenvalue weighted by Gasteiger charge is -2.24. The number of aryl methyl sites for hydroxylation is 2. The molecule has 0 unspecified atom stereocenters. The summed E-state index contributed by atoms with van der Waals surface area (Å²) in [5.41, 5.74) is 9.89. The van der Waals surface area contributed by atoms with Crippen LogP contribution in [0.15, 0.2) is 47.7 Å². The summed E-state index contributed by atoms with van der Waals surface area (Å²) in [5, 5.41) is 13.3. The van der Waals surface area contributed by atoms with E-state index in [4.69, 9.17) is 27.6 Å². The number of benzene rings is 2. The quantitative estimate of drug-likeness (QED) is 0.125. The predicted octanol–water partition coefficient (Wildman–Crippen LogP) is 2.22. The van der Waals surface area contributed by atoms with Gasteiger partial charge >= 0.3 is 6.03 Å². The predicted molar refractivity (Wildman–Crippen MR) is 133 cm³/mol. The van der Waals surface area contributed by atoms with Crippen molar-refractivity contribution in [3.8, 4) is 5.75 Å². The molecule has 2 rings (SSSR count). The number of hydrazine groups is 2. The third-order valence-corrected chi connectivity index (χ3v) is 5.34. The van der Waals surface area contributed by atoms with E-state index in [2.05, 4.69) is 5.32 Å². The molecule has 0 bridgehead atoms. The van der Waals surface area contributed by atoms with Gasteiger partial charge in [0.25, 0.3) is 5.91 Å². The number of nitrogens with two attached hydrogens (primary N) is 3. The van der Waals surface area contributed by atoms with Crippen LogP contribution < -0.4 is 32.5 Å². The minimum Gasteiger partial charge on any atom is -0.489 e. The summed E-state index contributed by atoms with van der Waals surface area (Å²) in [5.74, 6) is 11.5. The van der Waals surface area contributed by atoms with Gasteiger partial charge in [0.15, 0.2) is 0 Å². The van der Waals surface area contributed by atoms with Gasteiger partial charge in [-0.05, 0) is 63.1 Å². The van der Waals surface area contributed by atoms with E-state index in [1.54, 1.807) is 31.2 Å². The van der Waals surface area contributed by atoms with Crippen molar-refractivity contribution in [1.82, 2.24) is 10.3 Å². The third-order valence-electron chi connectivity index (χ3n) is 5.34. The summed E-state index contributed by atoms with van der Waals surface area (Å²) in [4.78, 5) is 24.0. The van der Waals surface area contributed by atoms with Gasteiger partial charge in [0.05, 0.1) is 11.4 Å². The first-order valence-corrected chi connectivity index (χ1v) is 10.7. The van der Waals surface area contributed by atoms with Crippen LogP contribution in [0, 0.1) is 19.3 Å². The molecule has 0 aromatic heterocycles. The molecule has 0 saturated heterocycles. The van der Waals surface area contributed by atoms with Gasteiger partial charge < -0.3 is 15.8 Å². The van der Waals surface area contributed by atoms with Gasteiger partial charge in [0.1, 0.15) is 18.1 Å². The fourth-order valence-corrected chi connectivity index (χ4v) is 3.41. The first-order valence-electron chi connectivity index (χ1n) is 10.7. The van der Waals surface area contributed by atoms with Gasteiger partial charge in [-0.1, -0.05) is 12.1 Å². The molecule has 0 saturated carbocycles. The molecule has 2 aromatic carbocycles. The number of urea groups is 1. The Morgan fingerprint density at radius 3 is 2.35 bits per heavy atom. The molecule has 182 valence electrons. The van der Waals surface area contributed by atoms with Crippen molar-refractivity contribution < 1.29 is 14.3 Å². The van der Waals surface area contributed by atoms with Crippen molar-refractivity contribution in [3.05, 3.63) is 69.9 Å². The van der Waals surface area contributed by atoms with Gasteiger partial charge in [-0.2, -0.15) is 0 Å². The summed E-state index contributed by atoms with van der Waals surface area (Å²) in [6, 6.07) is 10.2. The van der Waals surface area contributed by atoms with Crippen LogP contribution >= 0.6 is 0 Å². The Labute approximate surface area is 199 Å². The maximum atomic E-state index is 12.2. The lowest BCUT2D eigenvalue weighted by molar-refractivity contribution is -0.114. The van der Waals surface area contributed by atoms with Crippen molar-refractivity contribution in [3.63, 3.8) is 0 Å². The van der Waals surface area contributed by atoms with E-state index >= 15 is 0 Å². The molecule has 34 heavy (non-hydrogen) atoms. The van der Waals surface area contributed by atoms with E-state index in [0.717, 1.165) is 26.7 Å². The highest BCUT2D eigenvalue weighted by Gasteiger charge is 2.19. The maximum Gasteiger partial charge on any atom is 0.352 e. The first-order chi connectivity index (χ1) is 16.0. The number of nitrogens with zero attached hydrogens (tertiary/aromatic N) is 2. The molecule has 0 aliphatic carbocycles. The van der Waals surface area contributed by atoms with Gasteiger partial charge in [0, 0.05) is 30.3 Å². The fraction of sp³-hybridized carbons (Fsp3) is 0.292. The number of nitrogens with one attached hydrogen (secondary N) is 2. The Kier molecular flexibility index (Phi) is 8.76. The Hall–Kier alpha value is -3.89. The number of amides is 3. The zero-order valence-electron chi connectivity index (χ0n) is 20.2. The normalized spacial score (nSPS) is 11.4. The van der Waals surface area contributed by atoms with Gasteiger partial charge in [-0.15, -0.1) is 0 Å². The lowest BCUT2D eigenvalue weighted by Crippen LogP contribution is -2.49. The molecule has 0 radical (unpaired) electrons. The highest BCUT2D eigenvalue weighted by molar-refractivity contribution is 6.14. The second-order valence-electron chi connectivity index (χ2n) is 7.87. The molecule has 10 nitrogen and oxygen atoms in total. The number of carbonyl (C=O) groups is 2. The van der Waals surface area contributed by atoms with Crippen molar-refractivity contribution in [2.45, 2.75) is 34.3 Å². The van der Waals surface area contributed by atoms with Crippen LogP contribution in [0.1, 0.15) is 36.1 Å². The number of likely N-dealkylation sites (N-methyl/N-ethyl adjacent to an activating group) is 1. The summed E-state index contributed by atoms with van der Waals surface area (Å²) in [7, 11) is 1.41. The molecule has 0 spiro atoms. The molecule has 0 atom stereocenters. The number of hydrogen-bond acceptors (Lipinski definition) is 7. The lowest BCUT2D eigenvalue weighted by atomic mass is 9.99. The summed E-state index contributed by atoms with van der Waals surface area (Å²) in [6.45, 7) is 7.99. The smallest absolute Gasteiger partial charge is 0.352 e. The third kappa shape index (κ3) is 5.91. The molecule has 0 aliphatic rings. The summed E-state index contributed by atoms with van der Waals surface area (Å²) in [6.07, 6.45) is 0. The first kappa shape index (κ1) is 26.4. The van der Waals surface area contributed by atoms with Crippen LogP contribution in [0.5, 0.6) is 5.75 Å². The maximum absolute atomic E-state index is 12.2. The van der Waals surface area contributed by atoms with E-state index in [9.17, 15) is 9.59 Å². The average Bonchev–Trinajstić information content (AvgIpc) is 2.80. The standard InChI is InChI=1S/C24H33N7O3/c1-6-29-22(23(26)32)16(4)21(25)17-10-11-20(15(3)12-17)34-13-18-14(2)8-7-9-19(18)31(28)24(33)30(5)27/h7-12,25,29H,6,13,27-28H2,1-5H3,(H2,26,32)/b22-16-,25-21?. The number of rotatable bonds is 9. The number of primary amides is 1. The van der Waals surface area contributed by atoms with Crippen LogP contribution in [0.2, 0.25) is 0 Å². The molecular weight excluding hydrogens is 434 g/mol. The highest BCUT2D eigenvalue weighted by Crippen LogP contribution is 2.27. The molecule has 3 amide bonds. The van der Waals surface area contributed by atoms with Gasteiger partial charge in [-0.25, -0.2) is 21.5 Å². The Morgan fingerprint density at radius 1 is 1.12 bits per heavy atom. The highest BCUT2D eigenvalue weighted by atomic mass is 16.5. The van der Waals surface area contributed by atoms with Crippen LogP contribution in [-0.2, 0) is 11.4 Å². The number of allylic oxidation sites excluding steroid dienone is 1. The second-order valence-corrected chi connectivity index (χ2v) is 7.87. The van der Waals surface area contributed by atoms with E-state index in [1.165, 1.54) is 7.05 Å². The molecule has 0 heterocycles. The Morgan fingerprint density at radius 2 is 1.79 bits per heavy atom. The molecular formula is C24H33N7O3. The van der Waals surface area contributed by atoms with Crippen LogP contribution in [-0.4, -0.2) is 36.3 Å². The molecule has 8 N–H and O–H groups in total. The second kappa shape index (κ2) is 11.3. The SMILES string of the molecule is CCN/C(C(N)=O)=C(/C)C(=N)c1ccc(OCc2c(C)cccc2N(N)C(=O)N(C)N)c(C)c1. The molecule has 2 aromatic rings. The molecule has 0 aliphatic heterocycles. The Balaban J connectivity index is 2.29. The van der Waals surface area contributed by atoms with E-state index in [0.29, 0.717) is 29.1 Å². The van der Waals surface area contributed by atoms with Crippen molar-refractivity contribution in [2.75, 3.05) is 18.6 Å². The van der Waals surface area contributed by atoms with Gasteiger partial charge in [0.2, 0.25) is 0 Å². The molecule has 0 fully saturated rings. The minimum atomic E-state index is -0.608. The zero-order chi connectivity index (χ0) is 25.6. The Bertz CT molecular complexity index is 1130. The number of ether oxygens (including phenoxy) is 1. The van der Waals surface area contributed by atoms with Crippen molar-refractivity contribution >= 4 is 23.3 Å². The number of anilines is 1.